The third-order valence-electron chi connectivity index (χ3n) is 3.93. The van der Waals surface area contributed by atoms with Crippen LogP contribution in [0.5, 0.6) is 0 Å². The van der Waals surface area contributed by atoms with Crippen LogP contribution in [0.2, 0.25) is 5.02 Å². The Morgan fingerprint density at radius 3 is 2.83 bits per heavy atom. The Kier molecular flexibility index (Phi) is 5.41. The molecule has 1 N–H and O–H groups in total. The fraction of sp³-hybridized carbons (Fsp3) is 0.353. The van der Waals surface area contributed by atoms with Gasteiger partial charge in [-0.15, -0.1) is 5.10 Å². The number of allylic oxidation sites excluding steroid dienone is 1. The zero-order chi connectivity index (χ0) is 16.1. The minimum Gasteiger partial charge on any atom is -0.351 e. The molecule has 23 heavy (non-hydrogen) atoms. The maximum absolute atomic E-state index is 12.4. The van der Waals surface area contributed by atoms with Crippen molar-refractivity contribution in [1.29, 1.82) is 0 Å². The molecule has 0 atom stereocenters. The van der Waals surface area contributed by atoms with Crippen LogP contribution in [0.4, 0.5) is 0 Å². The Hall–Kier alpha value is -1.72. The molecule has 1 aromatic heterocycles. The molecule has 1 aliphatic rings. The van der Waals surface area contributed by atoms with E-state index in [-0.39, 0.29) is 5.91 Å². The van der Waals surface area contributed by atoms with Crippen LogP contribution in [-0.4, -0.2) is 22.0 Å². The molecule has 0 saturated heterocycles. The Morgan fingerprint density at radius 1 is 1.26 bits per heavy atom. The highest BCUT2D eigenvalue weighted by molar-refractivity contribution is 7.08. The van der Waals surface area contributed by atoms with Gasteiger partial charge in [-0.3, -0.25) is 4.79 Å². The monoisotopic (exact) mass is 347 g/mol. The van der Waals surface area contributed by atoms with Crippen LogP contribution in [0.1, 0.15) is 41.8 Å². The lowest BCUT2D eigenvalue weighted by atomic mass is 9.97. The lowest BCUT2D eigenvalue weighted by Crippen LogP contribution is -2.24. The second-order valence-electron chi connectivity index (χ2n) is 5.57. The van der Waals surface area contributed by atoms with Crippen molar-refractivity contribution in [3.05, 3.63) is 45.8 Å². The van der Waals surface area contributed by atoms with Gasteiger partial charge in [0.05, 0.1) is 0 Å². The van der Waals surface area contributed by atoms with Crippen LogP contribution in [0.15, 0.2) is 35.9 Å². The molecule has 120 valence electrons. The number of carbonyl (C=O) groups excluding carboxylic acids is 1. The lowest BCUT2D eigenvalue weighted by Gasteiger charge is -2.12. The number of amides is 1. The molecule has 0 bridgehead atoms. The van der Waals surface area contributed by atoms with Gasteiger partial charge in [-0.1, -0.05) is 39.9 Å². The molecule has 1 aliphatic carbocycles. The van der Waals surface area contributed by atoms with Gasteiger partial charge in [0.2, 0.25) is 0 Å². The summed E-state index contributed by atoms with van der Waals surface area (Å²) < 4.78 is 3.93. The Labute approximate surface area is 144 Å². The smallest absolute Gasteiger partial charge is 0.265 e. The van der Waals surface area contributed by atoms with Crippen LogP contribution < -0.4 is 5.32 Å². The van der Waals surface area contributed by atoms with Crippen molar-refractivity contribution >= 4 is 29.0 Å². The molecule has 2 aromatic rings. The number of hydrogen-bond donors (Lipinski definition) is 1. The normalized spacial score (nSPS) is 14.4. The van der Waals surface area contributed by atoms with E-state index >= 15 is 0 Å². The zero-order valence-electron chi connectivity index (χ0n) is 12.7. The molecule has 0 saturated carbocycles. The minimum atomic E-state index is -0.110. The minimum absolute atomic E-state index is 0.110. The maximum Gasteiger partial charge on any atom is 0.265 e. The zero-order valence-corrected chi connectivity index (χ0v) is 14.3. The van der Waals surface area contributed by atoms with Gasteiger partial charge in [-0.25, -0.2) is 0 Å². The van der Waals surface area contributed by atoms with Crippen LogP contribution in [0.25, 0.3) is 11.3 Å². The maximum atomic E-state index is 12.4. The first-order valence-corrected chi connectivity index (χ1v) is 8.93. The van der Waals surface area contributed by atoms with Gasteiger partial charge in [0.15, 0.2) is 0 Å². The fourth-order valence-electron chi connectivity index (χ4n) is 2.68. The summed E-state index contributed by atoms with van der Waals surface area (Å²) in [5.41, 5.74) is 2.92. The molecule has 0 radical (unpaired) electrons. The summed E-state index contributed by atoms with van der Waals surface area (Å²) in [6.45, 7) is 0.655. The number of carbonyl (C=O) groups is 1. The molecular weight excluding hydrogens is 330 g/mol. The number of rotatable bonds is 5. The first kappa shape index (κ1) is 16.1. The van der Waals surface area contributed by atoms with Crippen LogP contribution in [0.3, 0.4) is 0 Å². The number of hydrogen-bond acceptors (Lipinski definition) is 4. The SMILES string of the molecule is O=C(NCCC1=CCCCC1)c1snnc1-c1ccc(Cl)cc1. The Bertz CT molecular complexity index is 709. The summed E-state index contributed by atoms with van der Waals surface area (Å²) in [5, 5.41) is 7.72. The first-order valence-electron chi connectivity index (χ1n) is 7.78. The summed E-state index contributed by atoms with van der Waals surface area (Å²) in [5.74, 6) is -0.110. The second-order valence-corrected chi connectivity index (χ2v) is 6.76. The van der Waals surface area contributed by atoms with Crippen molar-refractivity contribution in [3.8, 4) is 11.3 Å². The Balaban J connectivity index is 1.63. The molecule has 1 aromatic carbocycles. The number of halogens is 1. The van der Waals surface area contributed by atoms with E-state index in [0.717, 1.165) is 29.9 Å². The van der Waals surface area contributed by atoms with Gasteiger partial charge in [-0.05, 0) is 55.8 Å². The van der Waals surface area contributed by atoms with Gasteiger partial charge in [0.25, 0.3) is 5.91 Å². The van der Waals surface area contributed by atoms with Gasteiger partial charge < -0.3 is 5.32 Å². The quantitative estimate of drug-likeness (QED) is 0.811. The van der Waals surface area contributed by atoms with Crippen LogP contribution in [0, 0.1) is 0 Å². The van der Waals surface area contributed by atoms with E-state index in [0.29, 0.717) is 22.1 Å². The van der Waals surface area contributed by atoms with Crippen molar-refractivity contribution in [2.45, 2.75) is 32.1 Å². The average Bonchev–Trinajstić information content (AvgIpc) is 3.06. The molecule has 1 amide bonds. The summed E-state index contributed by atoms with van der Waals surface area (Å²) in [6, 6.07) is 7.27. The molecule has 6 heteroatoms. The highest BCUT2D eigenvalue weighted by atomic mass is 35.5. The number of nitrogens with one attached hydrogen (secondary N) is 1. The topological polar surface area (TPSA) is 54.9 Å². The molecule has 0 unspecified atom stereocenters. The van der Waals surface area contributed by atoms with Gasteiger partial charge in [-0.2, -0.15) is 0 Å². The average molecular weight is 348 g/mol. The van der Waals surface area contributed by atoms with E-state index in [2.05, 4.69) is 21.0 Å². The third kappa shape index (κ3) is 4.18. The third-order valence-corrected chi connectivity index (χ3v) is 4.91. The molecule has 3 rings (SSSR count). The molecule has 0 spiro atoms. The second kappa shape index (κ2) is 7.70. The standard InChI is InChI=1S/C17H18ClN3OS/c18-14-8-6-13(7-9-14)15-16(23-21-20-15)17(22)19-11-10-12-4-2-1-3-5-12/h4,6-9H,1-3,5,10-11H2,(H,19,22). The number of nitrogens with zero attached hydrogens (tertiary/aromatic N) is 2. The van der Waals surface area contributed by atoms with E-state index in [9.17, 15) is 4.79 Å². The highest BCUT2D eigenvalue weighted by Gasteiger charge is 2.17. The number of benzene rings is 1. The van der Waals surface area contributed by atoms with Crippen molar-refractivity contribution < 1.29 is 4.79 Å². The molecular formula is C17H18ClN3OS. The molecule has 1 heterocycles. The van der Waals surface area contributed by atoms with E-state index < -0.39 is 0 Å². The highest BCUT2D eigenvalue weighted by Crippen LogP contribution is 2.25. The van der Waals surface area contributed by atoms with Crippen molar-refractivity contribution in [1.82, 2.24) is 14.9 Å². The van der Waals surface area contributed by atoms with E-state index in [1.165, 1.54) is 24.8 Å². The van der Waals surface area contributed by atoms with E-state index in [1.54, 1.807) is 12.1 Å². The predicted octanol–water partition coefficient (Wildman–Crippen LogP) is 4.48. The summed E-state index contributed by atoms with van der Waals surface area (Å²) in [7, 11) is 0. The lowest BCUT2D eigenvalue weighted by molar-refractivity contribution is 0.0958. The molecule has 0 aliphatic heterocycles. The van der Waals surface area contributed by atoms with Gasteiger partial charge in [0, 0.05) is 17.1 Å². The molecule has 0 fully saturated rings. The largest absolute Gasteiger partial charge is 0.351 e. The molecule has 4 nitrogen and oxygen atoms in total. The fourth-order valence-corrected chi connectivity index (χ4v) is 3.42. The van der Waals surface area contributed by atoms with E-state index in [4.69, 9.17) is 11.6 Å². The van der Waals surface area contributed by atoms with Crippen LogP contribution >= 0.6 is 23.1 Å². The summed E-state index contributed by atoms with van der Waals surface area (Å²) in [4.78, 5) is 12.9. The number of aromatic nitrogens is 2. The van der Waals surface area contributed by atoms with Crippen LogP contribution in [-0.2, 0) is 0 Å². The van der Waals surface area contributed by atoms with Gasteiger partial charge in [0.1, 0.15) is 10.6 Å². The van der Waals surface area contributed by atoms with Crippen molar-refractivity contribution in [2.24, 2.45) is 0 Å². The summed E-state index contributed by atoms with van der Waals surface area (Å²) >= 11 is 7.02. The van der Waals surface area contributed by atoms with Crippen molar-refractivity contribution in [2.75, 3.05) is 6.54 Å². The van der Waals surface area contributed by atoms with E-state index in [1.807, 2.05) is 12.1 Å². The van der Waals surface area contributed by atoms with Crippen molar-refractivity contribution in [3.63, 3.8) is 0 Å². The summed E-state index contributed by atoms with van der Waals surface area (Å²) in [6.07, 6.45) is 8.11. The first-order chi connectivity index (χ1) is 11.2. The Morgan fingerprint density at radius 2 is 2.09 bits per heavy atom. The predicted molar refractivity (Wildman–Crippen MR) is 93.9 cm³/mol. The van der Waals surface area contributed by atoms with Gasteiger partial charge >= 0.3 is 0 Å².